The molecule has 2 heterocycles. The highest BCUT2D eigenvalue weighted by Crippen LogP contribution is 2.23. The molecule has 0 atom stereocenters. The lowest BCUT2D eigenvalue weighted by Crippen LogP contribution is -2.23. The summed E-state index contributed by atoms with van der Waals surface area (Å²) in [6, 6.07) is 3.98. The number of pyridine rings is 1. The van der Waals surface area contributed by atoms with Crippen molar-refractivity contribution in [1.29, 1.82) is 0 Å². The first-order valence-corrected chi connectivity index (χ1v) is 5.91. The quantitative estimate of drug-likeness (QED) is 0.789. The van der Waals surface area contributed by atoms with Crippen molar-refractivity contribution in [2.24, 2.45) is 0 Å². The number of nitrogens with zero attached hydrogens (tertiary/aromatic N) is 3. The van der Waals surface area contributed by atoms with E-state index in [0.29, 0.717) is 4.77 Å². The Morgan fingerprint density at radius 2 is 2.00 bits per heavy atom. The monoisotopic (exact) mass is 248 g/mol. The molecule has 2 aromatic rings. The zero-order valence-corrected chi connectivity index (χ0v) is 11.3. The molecule has 0 aromatic carbocycles. The summed E-state index contributed by atoms with van der Waals surface area (Å²) in [5, 5.41) is 7.13. The molecule has 17 heavy (non-hydrogen) atoms. The molecule has 4 nitrogen and oxygen atoms in total. The van der Waals surface area contributed by atoms with Crippen LogP contribution in [0.5, 0.6) is 0 Å². The Balaban J connectivity index is 2.61. The summed E-state index contributed by atoms with van der Waals surface area (Å²) in [6.07, 6.45) is 1.82. The lowest BCUT2D eigenvalue weighted by atomic mass is 10.1. The summed E-state index contributed by atoms with van der Waals surface area (Å²) in [5.41, 5.74) is 1.85. The van der Waals surface area contributed by atoms with Gasteiger partial charge in [0, 0.05) is 23.0 Å². The number of aromatic amines is 1. The molecule has 90 valence electrons. The maximum absolute atomic E-state index is 5.27. The number of aryl methyl sites for hydroxylation is 1. The molecule has 0 amide bonds. The minimum Gasteiger partial charge on any atom is -0.295 e. The number of aromatic nitrogens is 4. The average Bonchev–Trinajstić information content (AvgIpc) is 2.61. The number of hydrogen-bond acceptors (Lipinski definition) is 3. The van der Waals surface area contributed by atoms with Gasteiger partial charge in [-0.25, -0.2) is 0 Å². The predicted octanol–water partition coefficient (Wildman–Crippen LogP) is 3.07. The van der Waals surface area contributed by atoms with Crippen LogP contribution in [0.3, 0.4) is 0 Å². The maximum Gasteiger partial charge on any atom is 0.195 e. The third kappa shape index (κ3) is 2.29. The molecule has 0 aliphatic rings. The van der Waals surface area contributed by atoms with E-state index in [0.717, 1.165) is 17.1 Å². The summed E-state index contributed by atoms with van der Waals surface area (Å²) >= 11 is 5.27. The molecule has 0 spiro atoms. The standard InChI is InChI=1S/C12H16N4S/c1-8-5-6-9(7-13-8)10-14-15-11(17)16(10)12(2,3)4/h5-7H,1-4H3,(H,15,17). The summed E-state index contributed by atoms with van der Waals surface area (Å²) in [6.45, 7) is 8.26. The molecule has 0 unspecified atom stereocenters. The van der Waals surface area contributed by atoms with E-state index in [1.165, 1.54) is 0 Å². The van der Waals surface area contributed by atoms with Crippen LogP contribution < -0.4 is 0 Å². The van der Waals surface area contributed by atoms with E-state index in [-0.39, 0.29) is 5.54 Å². The molecular formula is C12H16N4S. The Hall–Kier alpha value is -1.49. The van der Waals surface area contributed by atoms with E-state index < -0.39 is 0 Å². The minimum atomic E-state index is -0.107. The van der Waals surface area contributed by atoms with E-state index in [1.54, 1.807) is 0 Å². The van der Waals surface area contributed by atoms with Crippen molar-refractivity contribution in [3.05, 3.63) is 28.8 Å². The van der Waals surface area contributed by atoms with Crippen LogP contribution in [0.4, 0.5) is 0 Å². The van der Waals surface area contributed by atoms with E-state index in [4.69, 9.17) is 12.2 Å². The van der Waals surface area contributed by atoms with E-state index in [9.17, 15) is 0 Å². The summed E-state index contributed by atoms with van der Waals surface area (Å²) in [7, 11) is 0. The van der Waals surface area contributed by atoms with Gasteiger partial charge in [-0.05, 0) is 52.0 Å². The smallest absolute Gasteiger partial charge is 0.195 e. The first kappa shape index (κ1) is 12.0. The highest BCUT2D eigenvalue weighted by molar-refractivity contribution is 7.71. The molecule has 0 aliphatic carbocycles. The number of hydrogen-bond donors (Lipinski definition) is 1. The van der Waals surface area contributed by atoms with Crippen molar-refractivity contribution in [3.8, 4) is 11.4 Å². The molecule has 0 bridgehead atoms. The number of H-pyrrole nitrogens is 1. The second-order valence-electron chi connectivity index (χ2n) is 5.05. The summed E-state index contributed by atoms with van der Waals surface area (Å²) < 4.78 is 2.64. The predicted molar refractivity (Wildman–Crippen MR) is 70.4 cm³/mol. The van der Waals surface area contributed by atoms with Crippen molar-refractivity contribution in [2.45, 2.75) is 33.2 Å². The third-order valence-electron chi connectivity index (χ3n) is 2.51. The normalized spacial score (nSPS) is 11.8. The molecule has 0 saturated carbocycles. The van der Waals surface area contributed by atoms with Gasteiger partial charge in [-0.2, -0.15) is 5.10 Å². The highest BCUT2D eigenvalue weighted by atomic mass is 32.1. The first-order valence-electron chi connectivity index (χ1n) is 5.50. The molecule has 0 saturated heterocycles. The maximum atomic E-state index is 5.27. The second kappa shape index (κ2) is 4.07. The minimum absolute atomic E-state index is 0.107. The van der Waals surface area contributed by atoms with Gasteiger partial charge in [-0.15, -0.1) is 0 Å². The summed E-state index contributed by atoms with van der Waals surface area (Å²) in [4.78, 5) is 4.29. The molecular weight excluding hydrogens is 232 g/mol. The Bertz CT molecular complexity index is 572. The Kier molecular flexibility index (Phi) is 2.87. The highest BCUT2D eigenvalue weighted by Gasteiger charge is 2.20. The van der Waals surface area contributed by atoms with Gasteiger partial charge in [0.15, 0.2) is 10.6 Å². The van der Waals surface area contributed by atoms with Gasteiger partial charge in [0.05, 0.1) is 0 Å². The molecule has 2 rings (SSSR count). The van der Waals surface area contributed by atoms with Crippen molar-refractivity contribution in [3.63, 3.8) is 0 Å². The van der Waals surface area contributed by atoms with Gasteiger partial charge >= 0.3 is 0 Å². The second-order valence-corrected chi connectivity index (χ2v) is 5.43. The van der Waals surface area contributed by atoms with Crippen LogP contribution in [0.1, 0.15) is 26.5 Å². The lowest BCUT2D eigenvalue weighted by Gasteiger charge is -2.22. The van der Waals surface area contributed by atoms with Crippen molar-refractivity contribution in [2.75, 3.05) is 0 Å². The molecule has 2 aromatic heterocycles. The van der Waals surface area contributed by atoms with Crippen molar-refractivity contribution >= 4 is 12.2 Å². The van der Waals surface area contributed by atoms with Crippen LogP contribution in [0.25, 0.3) is 11.4 Å². The van der Waals surface area contributed by atoms with Gasteiger partial charge in [0.1, 0.15) is 0 Å². The van der Waals surface area contributed by atoms with Crippen molar-refractivity contribution < 1.29 is 0 Å². The van der Waals surface area contributed by atoms with Gasteiger partial charge in [-0.1, -0.05) is 0 Å². The van der Waals surface area contributed by atoms with Crippen LogP contribution in [0.15, 0.2) is 18.3 Å². The number of nitrogens with one attached hydrogen (secondary N) is 1. The van der Waals surface area contributed by atoms with Crippen LogP contribution in [-0.2, 0) is 5.54 Å². The Morgan fingerprint density at radius 3 is 2.53 bits per heavy atom. The fourth-order valence-corrected chi connectivity index (χ4v) is 2.12. The third-order valence-corrected chi connectivity index (χ3v) is 2.79. The fraction of sp³-hybridized carbons (Fsp3) is 0.417. The van der Waals surface area contributed by atoms with Gasteiger partial charge in [0.25, 0.3) is 0 Å². The van der Waals surface area contributed by atoms with Crippen molar-refractivity contribution in [1.82, 2.24) is 19.7 Å². The van der Waals surface area contributed by atoms with E-state index in [1.807, 2.05) is 29.8 Å². The van der Waals surface area contributed by atoms with Crippen LogP contribution in [-0.4, -0.2) is 19.7 Å². The van der Waals surface area contributed by atoms with Crippen LogP contribution in [0.2, 0.25) is 0 Å². The zero-order valence-electron chi connectivity index (χ0n) is 10.5. The van der Waals surface area contributed by atoms with Crippen LogP contribution in [0, 0.1) is 11.7 Å². The molecule has 5 heteroatoms. The lowest BCUT2D eigenvalue weighted by molar-refractivity contribution is 0.395. The molecule has 0 radical (unpaired) electrons. The Labute approximate surface area is 106 Å². The number of rotatable bonds is 1. The molecule has 0 aliphatic heterocycles. The topological polar surface area (TPSA) is 46.5 Å². The zero-order chi connectivity index (χ0) is 12.6. The fourth-order valence-electron chi connectivity index (χ4n) is 1.71. The van der Waals surface area contributed by atoms with Gasteiger partial charge < -0.3 is 0 Å². The van der Waals surface area contributed by atoms with E-state index in [2.05, 4.69) is 36.0 Å². The largest absolute Gasteiger partial charge is 0.295 e. The van der Waals surface area contributed by atoms with E-state index >= 15 is 0 Å². The SMILES string of the molecule is Cc1ccc(-c2n[nH]c(=S)n2C(C)(C)C)cn1. The van der Waals surface area contributed by atoms with Gasteiger partial charge in [-0.3, -0.25) is 14.6 Å². The van der Waals surface area contributed by atoms with Gasteiger partial charge in [0.2, 0.25) is 0 Å². The Morgan fingerprint density at radius 1 is 1.29 bits per heavy atom. The van der Waals surface area contributed by atoms with Crippen LogP contribution >= 0.6 is 12.2 Å². The summed E-state index contributed by atoms with van der Waals surface area (Å²) in [5.74, 6) is 0.829. The first-order chi connectivity index (χ1) is 7.89. The molecule has 1 N–H and O–H groups in total. The average molecular weight is 248 g/mol. The molecule has 0 fully saturated rings.